The molecular formula is C18H21N3O. The van der Waals surface area contributed by atoms with Gasteiger partial charge in [0.05, 0.1) is 18.3 Å². The molecule has 1 fully saturated rings. The van der Waals surface area contributed by atoms with Gasteiger partial charge in [0, 0.05) is 6.04 Å². The lowest BCUT2D eigenvalue weighted by Crippen LogP contribution is -2.16. The first-order valence-corrected chi connectivity index (χ1v) is 7.86. The fourth-order valence-corrected chi connectivity index (χ4v) is 2.83. The van der Waals surface area contributed by atoms with Gasteiger partial charge < -0.3 is 10.6 Å². The van der Waals surface area contributed by atoms with Gasteiger partial charge in [-0.15, -0.1) is 0 Å². The van der Waals surface area contributed by atoms with E-state index in [9.17, 15) is 4.79 Å². The lowest BCUT2D eigenvalue weighted by Gasteiger charge is -2.13. The molecule has 1 heterocycles. The fraction of sp³-hybridized carbons (Fsp3) is 0.333. The molecule has 0 radical (unpaired) electrons. The van der Waals surface area contributed by atoms with Crippen LogP contribution in [0.4, 0.5) is 11.5 Å². The van der Waals surface area contributed by atoms with E-state index >= 15 is 0 Å². The topological polar surface area (TPSA) is 54.0 Å². The van der Waals surface area contributed by atoms with Gasteiger partial charge in [0.15, 0.2) is 0 Å². The molecule has 0 bridgehead atoms. The van der Waals surface area contributed by atoms with E-state index in [4.69, 9.17) is 0 Å². The van der Waals surface area contributed by atoms with Gasteiger partial charge in [0.1, 0.15) is 5.82 Å². The van der Waals surface area contributed by atoms with Crippen molar-refractivity contribution in [3.05, 3.63) is 54.2 Å². The summed E-state index contributed by atoms with van der Waals surface area (Å²) in [6.07, 6.45) is 7.23. The van der Waals surface area contributed by atoms with Crippen LogP contribution in [0.2, 0.25) is 0 Å². The van der Waals surface area contributed by atoms with Crippen LogP contribution in [-0.2, 0) is 11.2 Å². The Hall–Kier alpha value is -2.36. The Bertz CT molecular complexity index is 604. The van der Waals surface area contributed by atoms with Crippen molar-refractivity contribution in [2.75, 3.05) is 10.6 Å². The Labute approximate surface area is 131 Å². The van der Waals surface area contributed by atoms with Crippen LogP contribution >= 0.6 is 0 Å². The molecule has 1 saturated carbocycles. The van der Waals surface area contributed by atoms with E-state index in [-0.39, 0.29) is 5.91 Å². The summed E-state index contributed by atoms with van der Waals surface area (Å²) in [6, 6.07) is 14.1. The third-order valence-electron chi connectivity index (χ3n) is 3.96. The minimum absolute atomic E-state index is 0.0461. The number of hydrogen-bond acceptors (Lipinski definition) is 3. The van der Waals surface area contributed by atoms with Gasteiger partial charge in [-0.1, -0.05) is 43.2 Å². The molecule has 4 nitrogen and oxygen atoms in total. The highest BCUT2D eigenvalue weighted by atomic mass is 16.1. The second kappa shape index (κ2) is 7.07. The maximum Gasteiger partial charge on any atom is 0.229 e. The number of nitrogens with zero attached hydrogens (tertiary/aromatic N) is 1. The number of benzene rings is 1. The number of rotatable bonds is 5. The predicted octanol–water partition coefficient (Wildman–Crippen LogP) is 3.62. The molecule has 1 aromatic carbocycles. The van der Waals surface area contributed by atoms with Crippen molar-refractivity contribution >= 4 is 17.4 Å². The number of anilines is 2. The summed E-state index contributed by atoms with van der Waals surface area (Å²) in [4.78, 5) is 16.3. The van der Waals surface area contributed by atoms with E-state index in [0.717, 1.165) is 11.3 Å². The van der Waals surface area contributed by atoms with Crippen molar-refractivity contribution < 1.29 is 4.79 Å². The molecule has 2 N–H and O–H groups in total. The highest BCUT2D eigenvalue weighted by Gasteiger charge is 2.14. The maximum atomic E-state index is 12.0. The number of carbonyl (C=O) groups is 1. The standard InChI is InChI=1S/C18H21N3O/c22-18(12-14-6-2-1-3-7-14)21-17-11-10-16(13-19-17)20-15-8-4-5-9-15/h1-3,6-7,10-11,13,15,20H,4-5,8-9,12H2,(H,19,21,22). The largest absolute Gasteiger partial charge is 0.381 e. The molecule has 1 aliphatic rings. The van der Waals surface area contributed by atoms with Gasteiger partial charge in [-0.2, -0.15) is 0 Å². The van der Waals surface area contributed by atoms with E-state index in [1.54, 1.807) is 6.20 Å². The Morgan fingerprint density at radius 1 is 1.09 bits per heavy atom. The number of nitrogens with one attached hydrogen (secondary N) is 2. The van der Waals surface area contributed by atoms with Crippen LogP contribution < -0.4 is 10.6 Å². The van der Waals surface area contributed by atoms with E-state index in [1.807, 2.05) is 42.5 Å². The van der Waals surface area contributed by atoms with E-state index < -0.39 is 0 Å². The van der Waals surface area contributed by atoms with Crippen molar-refractivity contribution in [3.8, 4) is 0 Å². The Kier molecular flexibility index (Phi) is 4.68. The van der Waals surface area contributed by atoms with Crippen molar-refractivity contribution in [1.82, 2.24) is 4.98 Å². The zero-order valence-electron chi connectivity index (χ0n) is 12.6. The summed E-state index contributed by atoms with van der Waals surface area (Å²) in [6.45, 7) is 0. The summed E-state index contributed by atoms with van der Waals surface area (Å²) >= 11 is 0. The molecule has 0 unspecified atom stereocenters. The monoisotopic (exact) mass is 295 g/mol. The van der Waals surface area contributed by atoms with E-state index in [2.05, 4.69) is 15.6 Å². The molecule has 0 spiro atoms. The first kappa shape index (κ1) is 14.6. The van der Waals surface area contributed by atoms with Gasteiger partial charge in [-0.05, 0) is 30.5 Å². The Morgan fingerprint density at radius 3 is 2.55 bits per heavy atom. The highest BCUT2D eigenvalue weighted by molar-refractivity contribution is 5.91. The normalized spacial score (nSPS) is 14.7. The zero-order valence-corrected chi connectivity index (χ0v) is 12.6. The molecule has 22 heavy (non-hydrogen) atoms. The van der Waals surface area contributed by atoms with Crippen molar-refractivity contribution in [3.63, 3.8) is 0 Å². The Morgan fingerprint density at radius 2 is 1.86 bits per heavy atom. The van der Waals surface area contributed by atoms with Gasteiger partial charge in [0.2, 0.25) is 5.91 Å². The fourth-order valence-electron chi connectivity index (χ4n) is 2.83. The van der Waals surface area contributed by atoms with E-state index in [1.165, 1.54) is 25.7 Å². The second-order valence-corrected chi connectivity index (χ2v) is 5.77. The van der Waals surface area contributed by atoms with Gasteiger partial charge in [-0.25, -0.2) is 4.98 Å². The smallest absolute Gasteiger partial charge is 0.229 e. The summed E-state index contributed by atoms with van der Waals surface area (Å²) in [5.74, 6) is 0.549. The minimum atomic E-state index is -0.0461. The van der Waals surface area contributed by atoms with E-state index in [0.29, 0.717) is 18.3 Å². The van der Waals surface area contributed by atoms with Gasteiger partial charge in [-0.3, -0.25) is 4.79 Å². The Balaban J connectivity index is 1.53. The number of amides is 1. The molecule has 1 amide bonds. The summed E-state index contributed by atoms with van der Waals surface area (Å²) in [7, 11) is 0. The molecule has 0 saturated heterocycles. The average molecular weight is 295 g/mol. The predicted molar refractivity (Wildman–Crippen MR) is 88.9 cm³/mol. The molecule has 2 aromatic rings. The van der Waals surface area contributed by atoms with Crippen LogP contribution in [0, 0.1) is 0 Å². The maximum absolute atomic E-state index is 12.0. The van der Waals surface area contributed by atoms with Gasteiger partial charge >= 0.3 is 0 Å². The quantitative estimate of drug-likeness (QED) is 0.886. The minimum Gasteiger partial charge on any atom is -0.381 e. The molecule has 0 atom stereocenters. The zero-order chi connectivity index (χ0) is 15.2. The number of carbonyl (C=O) groups excluding carboxylic acids is 1. The average Bonchev–Trinajstić information content (AvgIpc) is 3.03. The van der Waals surface area contributed by atoms with Gasteiger partial charge in [0.25, 0.3) is 0 Å². The van der Waals surface area contributed by atoms with Crippen LogP contribution in [0.25, 0.3) is 0 Å². The molecule has 0 aliphatic heterocycles. The first-order chi connectivity index (χ1) is 10.8. The van der Waals surface area contributed by atoms with Crippen molar-refractivity contribution in [1.29, 1.82) is 0 Å². The summed E-state index contributed by atoms with van der Waals surface area (Å²) in [5.41, 5.74) is 2.02. The van der Waals surface area contributed by atoms with Crippen molar-refractivity contribution in [2.45, 2.75) is 38.1 Å². The third-order valence-corrected chi connectivity index (χ3v) is 3.96. The lowest BCUT2D eigenvalue weighted by molar-refractivity contribution is -0.115. The van der Waals surface area contributed by atoms with Crippen molar-refractivity contribution in [2.24, 2.45) is 0 Å². The van der Waals surface area contributed by atoms with Crippen LogP contribution in [0.5, 0.6) is 0 Å². The number of aromatic nitrogens is 1. The van der Waals surface area contributed by atoms with Crippen LogP contribution in [-0.4, -0.2) is 16.9 Å². The molecule has 1 aliphatic carbocycles. The third kappa shape index (κ3) is 4.07. The second-order valence-electron chi connectivity index (χ2n) is 5.77. The highest BCUT2D eigenvalue weighted by Crippen LogP contribution is 2.22. The van der Waals surface area contributed by atoms with Crippen LogP contribution in [0.1, 0.15) is 31.2 Å². The summed E-state index contributed by atoms with van der Waals surface area (Å²) < 4.78 is 0. The molecule has 1 aromatic heterocycles. The summed E-state index contributed by atoms with van der Waals surface area (Å²) in [5, 5.41) is 6.32. The molecule has 114 valence electrons. The molecule has 3 rings (SSSR count). The number of hydrogen-bond donors (Lipinski definition) is 2. The van der Waals surface area contributed by atoms with Crippen LogP contribution in [0.3, 0.4) is 0 Å². The molecular weight excluding hydrogens is 274 g/mol. The van der Waals surface area contributed by atoms with Crippen LogP contribution in [0.15, 0.2) is 48.7 Å². The lowest BCUT2D eigenvalue weighted by atomic mass is 10.1. The number of pyridine rings is 1. The SMILES string of the molecule is O=C(Cc1ccccc1)Nc1ccc(NC2CCCC2)cn1. The molecule has 4 heteroatoms. The first-order valence-electron chi connectivity index (χ1n) is 7.86.